The van der Waals surface area contributed by atoms with Crippen LogP contribution in [0.25, 0.3) is 0 Å². The van der Waals surface area contributed by atoms with E-state index in [4.69, 9.17) is 0 Å². The molecule has 1 amide bonds. The van der Waals surface area contributed by atoms with Gasteiger partial charge in [-0.25, -0.2) is 4.99 Å². The Labute approximate surface area is 183 Å². The van der Waals surface area contributed by atoms with E-state index in [-0.39, 0.29) is 17.4 Å². The Morgan fingerprint density at radius 1 is 1.13 bits per heavy atom. The lowest BCUT2D eigenvalue weighted by Gasteiger charge is -2.09. The third-order valence-corrected chi connectivity index (χ3v) is 3.14. The molecule has 0 aliphatic heterocycles. The van der Waals surface area contributed by atoms with E-state index in [2.05, 4.69) is 37.3 Å². The van der Waals surface area contributed by atoms with Crippen molar-refractivity contribution in [3.63, 3.8) is 0 Å². The van der Waals surface area contributed by atoms with Gasteiger partial charge in [0.15, 0.2) is 0 Å². The highest BCUT2D eigenvalue weighted by atomic mass is 16.3. The lowest BCUT2D eigenvalue weighted by Crippen LogP contribution is -2.23. The second-order valence-corrected chi connectivity index (χ2v) is 6.48. The van der Waals surface area contributed by atoms with Crippen LogP contribution in [0.5, 0.6) is 5.75 Å². The number of hydrogen-bond donors (Lipinski definition) is 2. The third kappa shape index (κ3) is 13.1. The van der Waals surface area contributed by atoms with Crippen molar-refractivity contribution < 1.29 is 9.90 Å². The van der Waals surface area contributed by atoms with Gasteiger partial charge in [0.1, 0.15) is 11.4 Å². The van der Waals surface area contributed by atoms with Gasteiger partial charge in [0, 0.05) is 17.0 Å². The highest BCUT2D eigenvalue weighted by molar-refractivity contribution is 6.05. The Morgan fingerprint density at radius 3 is 2.13 bits per heavy atom. The Balaban J connectivity index is 0. The van der Waals surface area contributed by atoms with E-state index in [0.717, 1.165) is 0 Å². The topological polar surface area (TPSA) is 61.7 Å². The van der Waals surface area contributed by atoms with Gasteiger partial charge in [0.2, 0.25) is 0 Å². The van der Waals surface area contributed by atoms with Gasteiger partial charge < -0.3 is 10.4 Å². The van der Waals surface area contributed by atoms with Crippen molar-refractivity contribution in [2.75, 3.05) is 0 Å². The van der Waals surface area contributed by atoms with Gasteiger partial charge in [-0.2, -0.15) is 0 Å². The first-order chi connectivity index (χ1) is 14.2. The lowest BCUT2D eigenvalue weighted by atomic mass is 10.1. The fourth-order valence-electron chi connectivity index (χ4n) is 1.97. The molecule has 0 radical (unpaired) electrons. The number of phenols is 1. The van der Waals surface area contributed by atoms with E-state index in [1.807, 2.05) is 51.1 Å². The van der Waals surface area contributed by atoms with Crippen molar-refractivity contribution in [1.29, 1.82) is 0 Å². The molecule has 0 saturated carbocycles. The predicted octanol–water partition coefficient (Wildman–Crippen LogP) is 6.87. The van der Waals surface area contributed by atoms with E-state index in [1.54, 1.807) is 38.1 Å². The second-order valence-electron chi connectivity index (χ2n) is 6.48. The Kier molecular flexibility index (Phi) is 17.4. The molecule has 1 rings (SSSR count). The van der Waals surface area contributed by atoms with E-state index < -0.39 is 0 Å². The quantitative estimate of drug-likeness (QED) is 0.233. The molecule has 164 valence electrons. The molecule has 0 saturated heterocycles. The molecule has 2 N–H and O–H groups in total. The van der Waals surface area contributed by atoms with Gasteiger partial charge in [-0.3, -0.25) is 4.79 Å². The number of carbonyl (C=O) groups is 1. The number of nitrogens with zero attached hydrogens (tertiary/aromatic N) is 1. The van der Waals surface area contributed by atoms with E-state index >= 15 is 0 Å². The molecule has 1 aromatic rings. The summed E-state index contributed by atoms with van der Waals surface area (Å²) in [4.78, 5) is 16.9. The monoisotopic (exact) mass is 410 g/mol. The minimum Gasteiger partial charge on any atom is -0.507 e. The fourth-order valence-corrected chi connectivity index (χ4v) is 1.97. The molecule has 1 aromatic carbocycles. The summed E-state index contributed by atoms with van der Waals surface area (Å²) in [6, 6.07) is 6.89. The highest BCUT2D eigenvalue weighted by Gasteiger charge is 2.13. The average molecular weight is 411 g/mol. The molecule has 30 heavy (non-hydrogen) atoms. The summed E-state index contributed by atoms with van der Waals surface area (Å²) in [5.74, 6) is -0.208. The van der Waals surface area contributed by atoms with Gasteiger partial charge in [-0.15, -0.1) is 6.58 Å². The van der Waals surface area contributed by atoms with Crippen LogP contribution in [0.3, 0.4) is 0 Å². The van der Waals surface area contributed by atoms with Crippen molar-refractivity contribution in [1.82, 2.24) is 5.32 Å². The number of benzene rings is 1. The number of para-hydroxylation sites is 1. The first-order valence-corrected chi connectivity index (χ1v) is 10.1. The van der Waals surface area contributed by atoms with E-state index in [1.165, 1.54) is 6.42 Å². The van der Waals surface area contributed by atoms with Crippen molar-refractivity contribution in [3.05, 3.63) is 90.3 Å². The van der Waals surface area contributed by atoms with Crippen LogP contribution in [-0.2, 0) is 4.79 Å². The Morgan fingerprint density at radius 2 is 1.67 bits per heavy atom. The van der Waals surface area contributed by atoms with Crippen LogP contribution in [0.15, 0.2) is 89.8 Å². The summed E-state index contributed by atoms with van der Waals surface area (Å²) in [6.45, 7) is 20.4. The standard InChI is InChI=1S/C20H24N2O2.C3H8.C3H6/c1-6-7-8-11-15(4)19(20(24)21-14(2)3)22-16(5)17-12-9-10-13-18(17)23;2*1-3-2/h6-13,23H,2H2,1,3-5H3,(H,21,24);3H2,1-2H3;3H,1H2,2H3/b7-6-,11-8-,19-15+,22-16?;;. The number of nitrogens with one attached hydrogen (secondary N) is 1. The van der Waals surface area contributed by atoms with Crippen LogP contribution in [-0.4, -0.2) is 16.7 Å². The summed E-state index contributed by atoms with van der Waals surface area (Å²) in [5.41, 5.74) is 2.67. The highest BCUT2D eigenvalue weighted by Crippen LogP contribution is 2.19. The zero-order valence-electron chi connectivity index (χ0n) is 19.6. The van der Waals surface area contributed by atoms with E-state index in [0.29, 0.717) is 22.5 Å². The predicted molar refractivity (Wildman–Crippen MR) is 132 cm³/mol. The largest absolute Gasteiger partial charge is 0.507 e. The van der Waals surface area contributed by atoms with Crippen LogP contribution in [0.1, 0.15) is 60.5 Å². The molecular weight excluding hydrogens is 372 g/mol. The number of rotatable bonds is 6. The van der Waals surface area contributed by atoms with Crippen molar-refractivity contribution in [2.45, 2.75) is 54.9 Å². The summed E-state index contributed by atoms with van der Waals surface area (Å²) >= 11 is 0. The lowest BCUT2D eigenvalue weighted by molar-refractivity contribution is -0.116. The van der Waals surface area contributed by atoms with Crippen molar-refractivity contribution in [2.24, 2.45) is 4.99 Å². The summed E-state index contributed by atoms with van der Waals surface area (Å²) in [7, 11) is 0. The Bertz CT molecular complexity index is 797. The first-order valence-electron chi connectivity index (χ1n) is 10.1. The van der Waals surface area contributed by atoms with Crippen LogP contribution < -0.4 is 5.32 Å². The van der Waals surface area contributed by atoms with Crippen LogP contribution in [0.4, 0.5) is 0 Å². The molecule has 0 unspecified atom stereocenters. The van der Waals surface area contributed by atoms with Crippen LogP contribution in [0, 0.1) is 0 Å². The van der Waals surface area contributed by atoms with Gasteiger partial charge in [0.25, 0.3) is 5.91 Å². The van der Waals surface area contributed by atoms with Crippen LogP contribution in [0.2, 0.25) is 0 Å². The molecule has 4 heteroatoms. The maximum atomic E-state index is 12.4. The fraction of sp³-hybridized carbons (Fsp3) is 0.308. The van der Waals surface area contributed by atoms with Gasteiger partial charge in [-0.1, -0.05) is 69.4 Å². The SMILES string of the molecule is C=C(C)NC(=O)\C(N=C(C)c1ccccc1O)=C(C)/C=C\C=C/C.C=CC.CCC. The second kappa shape index (κ2) is 17.9. The van der Waals surface area contributed by atoms with Crippen molar-refractivity contribution >= 4 is 11.6 Å². The summed E-state index contributed by atoms with van der Waals surface area (Å²) in [6.07, 6.45) is 10.4. The molecule has 0 heterocycles. The Hall–Kier alpha value is -3.14. The minimum atomic E-state index is -0.333. The number of phenolic OH excluding ortho intramolecular Hbond substituents is 1. The number of aromatic hydroxyl groups is 1. The van der Waals surface area contributed by atoms with Gasteiger partial charge in [0.05, 0.1) is 0 Å². The molecule has 0 bridgehead atoms. The molecule has 0 spiro atoms. The first kappa shape index (κ1) is 29.1. The van der Waals surface area contributed by atoms with Gasteiger partial charge in [-0.05, 0) is 52.3 Å². The molecule has 0 aliphatic carbocycles. The zero-order valence-corrected chi connectivity index (χ0v) is 19.6. The molecule has 4 nitrogen and oxygen atoms in total. The molecule has 0 atom stereocenters. The minimum absolute atomic E-state index is 0.125. The normalized spacial score (nSPS) is 11.6. The zero-order chi connectivity index (χ0) is 23.5. The van der Waals surface area contributed by atoms with Crippen molar-refractivity contribution in [3.8, 4) is 5.75 Å². The third-order valence-electron chi connectivity index (χ3n) is 3.14. The van der Waals surface area contributed by atoms with Gasteiger partial charge >= 0.3 is 0 Å². The smallest absolute Gasteiger partial charge is 0.274 e. The summed E-state index contributed by atoms with van der Waals surface area (Å²) < 4.78 is 0. The van der Waals surface area contributed by atoms with E-state index in [9.17, 15) is 9.90 Å². The maximum absolute atomic E-state index is 12.4. The summed E-state index contributed by atoms with van der Waals surface area (Å²) in [5, 5.41) is 12.6. The molecule has 0 aliphatic rings. The molecule has 0 aromatic heterocycles. The average Bonchev–Trinajstić information content (AvgIpc) is 2.67. The number of allylic oxidation sites excluding steroid dienone is 7. The maximum Gasteiger partial charge on any atom is 0.274 e. The number of carbonyl (C=O) groups excluding carboxylic acids is 1. The number of aliphatic imine (C=N–C) groups is 1. The number of amides is 1. The number of hydrogen-bond acceptors (Lipinski definition) is 3. The van der Waals surface area contributed by atoms with Crippen LogP contribution >= 0.6 is 0 Å². The molecular formula is C26H38N2O2. The molecule has 0 fully saturated rings.